The number of nitrogens with one attached hydrogen (secondary N) is 1. The molecule has 0 saturated heterocycles. The molecule has 1 atom stereocenters. The zero-order valence-electron chi connectivity index (χ0n) is 21.7. The highest BCUT2D eigenvalue weighted by Crippen LogP contribution is 2.35. The van der Waals surface area contributed by atoms with Crippen LogP contribution in [0.5, 0.6) is 11.5 Å². The first kappa shape index (κ1) is 28.2. The second-order valence-corrected chi connectivity index (χ2v) is 12.7. The molecule has 0 aromatic heterocycles. The Morgan fingerprint density at radius 2 is 1.79 bits per heavy atom. The van der Waals surface area contributed by atoms with E-state index < -0.39 is 28.5 Å². The van der Waals surface area contributed by atoms with Gasteiger partial charge in [0, 0.05) is 23.1 Å². The second-order valence-electron chi connectivity index (χ2n) is 9.55. The average Bonchev–Trinajstić information content (AvgIpc) is 3.42. The van der Waals surface area contributed by atoms with Crippen LogP contribution >= 0.6 is 15.9 Å². The number of carbonyl (C=O) groups is 2. The molecule has 4 rings (SSSR count). The predicted molar refractivity (Wildman–Crippen MR) is 149 cm³/mol. The summed E-state index contributed by atoms with van der Waals surface area (Å²) >= 11 is 3.46. The van der Waals surface area contributed by atoms with Gasteiger partial charge >= 0.3 is 0 Å². The summed E-state index contributed by atoms with van der Waals surface area (Å²) in [6.45, 7) is 3.67. The molecule has 1 aliphatic heterocycles. The van der Waals surface area contributed by atoms with Crippen molar-refractivity contribution in [3.8, 4) is 11.5 Å². The van der Waals surface area contributed by atoms with E-state index in [1.54, 1.807) is 25.1 Å². The number of halogens is 1. The molecule has 9 nitrogen and oxygen atoms in total. The van der Waals surface area contributed by atoms with Gasteiger partial charge in [0.05, 0.1) is 11.4 Å². The van der Waals surface area contributed by atoms with E-state index >= 15 is 0 Å². The summed E-state index contributed by atoms with van der Waals surface area (Å²) in [5.41, 5.74) is 1.12. The van der Waals surface area contributed by atoms with Crippen molar-refractivity contribution in [3.05, 3.63) is 52.5 Å². The van der Waals surface area contributed by atoms with Gasteiger partial charge in [0.2, 0.25) is 21.8 Å². The first-order valence-corrected chi connectivity index (χ1v) is 15.3. The lowest BCUT2D eigenvalue weighted by molar-refractivity contribution is -0.139. The van der Waals surface area contributed by atoms with Gasteiger partial charge in [-0.1, -0.05) is 40.9 Å². The van der Waals surface area contributed by atoms with E-state index in [0.717, 1.165) is 40.0 Å². The van der Waals surface area contributed by atoms with Crippen LogP contribution in [-0.4, -0.2) is 62.7 Å². The fraction of sp³-hybridized carbons (Fsp3) is 0.481. The molecular weight excluding hydrogens is 574 g/mol. The largest absolute Gasteiger partial charge is 0.486 e. The normalized spacial score (nSPS) is 16.1. The van der Waals surface area contributed by atoms with Gasteiger partial charge in [-0.2, -0.15) is 0 Å². The van der Waals surface area contributed by atoms with Crippen molar-refractivity contribution in [2.75, 3.05) is 29.8 Å². The van der Waals surface area contributed by atoms with Crippen molar-refractivity contribution in [2.45, 2.75) is 58.2 Å². The lowest BCUT2D eigenvalue weighted by Gasteiger charge is -2.32. The summed E-state index contributed by atoms with van der Waals surface area (Å²) in [5.74, 6) is 0.0230. The Kier molecular flexibility index (Phi) is 9.19. The number of anilines is 1. The van der Waals surface area contributed by atoms with Gasteiger partial charge in [0.25, 0.3) is 0 Å². The molecule has 0 spiro atoms. The van der Waals surface area contributed by atoms with Crippen molar-refractivity contribution < 1.29 is 27.5 Å². The van der Waals surface area contributed by atoms with Gasteiger partial charge in [-0.3, -0.25) is 13.9 Å². The molecule has 2 aliphatic rings. The Hall–Kier alpha value is -2.79. The number of hydrogen-bond acceptors (Lipinski definition) is 6. The van der Waals surface area contributed by atoms with Crippen LogP contribution in [0.3, 0.4) is 0 Å². The number of amides is 2. The van der Waals surface area contributed by atoms with Crippen LogP contribution in [0.25, 0.3) is 0 Å². The highest BCUT2D eigenvalue weighted by molar-refractivity contribution is 9.10. The Bertz CT molecular complexity index is 1270. The topological polar surface area (TPSA) is 105 Å². The number of hydrogen-bond donors (Lipinski definition) is 1. The van der Waals surface area contributed by atoms with E-state index in [1.807, 2.05) is 24.3 Å². The molecule has 1 saturated carbocycles. The van der Waals surface area contributed by atoms with Crippen LogP contribution in [0.4, 0.5) is 5.69 Å². The summed E-state index contributed by atoms with van der Waals surface area (Å²) in [6, 6.07) is 11.6. The fourth-order valence-corrected chi connectivity index (χ4v) is 6.21. The minimum absolute atomic E-state index is 0.0995. The van der Waals surface area contributed by atoms with E-state index in [-0.39, 0.29) is 24.2 Å². The van der Waals surface area contributed by atoms with Crippen LogP contribution in [-0.2, 0) is 26.2 Å². The summed E-state index contributed by atoms with van der Waals surface area (Å²) in [4.78, 5) is 28.5. The smallest absolute Gasteiger partial charge is 0.244 e. The maximum atomic E-state index is 13.8. The molecule has 1 fully saturated rings. The zero-order valence-corrected chi connectivity index (χ0v) is 24.1. The van der Waals surface area contributed by atoms with Crippen LogP contribution in [0, 0.1) is 0 Å². The maximum absolute atomic E-state index is 13.8. The summed E-state index contributed by atoms with van der Waals surface area (Å²) in [6.07, 6.45) is 3.98. The van der Waals surface area contributed by atoms with Gasteiger partial charge in [0.1, 0.15) is 25.8 Å². The minimum atomic E-state index is -3.83. The number of ether oxygens (including phenoxy) is 2. The Labute approximate surface area is 232 Å². The van der Waals surface area contributed by atoms with E-state index in [4.69, 9.17) is 9.47 Å². The molecule has 1 heterocycles. The fourth-order valence-electron chi connectivity index (χ4n) is 4.71. The van der Waals surface area contributed by atoms with E-state index in [9.17, 15) is 18.0 Å². The van der Waals surface area contributed by atoms with Gasteiger partial charge in [-0.15, -0.1) is 0 Å². The van der Waals surface area contributed by atoms with Crippen molar-refractivity contribution >= 4 is 43.5 Å². The van der Waals surface area contributed by atoms with Crippen LogP contribution < -0.4 is 19.1 Å². The van der Waals surface area contributed by atoms with Crippen LogP contribution in [0.1, 0.15) is 45.1 Å². The molecule has 2 aromatic rings. The van der Waals surface area contributed by atoms with Crippen LogP contribution in [0.2, 0.25) is 0 Å². The average molecular weight is 609 g/mol. The molecule has 1 N–H and O–H groups in total. The number of nitrogens with zero attached hydrogens (tertiary/aromatic N) is 2. The highest BCUT2D eigenvalue weighted by atomic mass is 79.9. The number of rotatable bonds is 10. The molecular formula is C27H34BrN3O6S. The first-order valence-electron chi connectivity index (χ1n) is 12.9. The SMILES string of the molecule is CCS(=O)(=O)N(CC(=O)N(Cc1cccc(Br)c1)[C@@H](C)C(=O)NC1CCCC1)c1ccc2c(c1)OCCO2. The summed E-state index contributed by atoms with van der Waals surface area (Å²) in [7, 11) is -3.83. The Morgan fingerprint density at radius 1 is 1.08 bits per heavy atom. The zero-order chi connectivity index (χ0) is 27.3. The third kappa shape index (κ3) is 6.79. The van der Waals surface area contributed by atoms with Crippen molar-refractivity contribution in [2.24, 2.45) is 0 Å². The quantitative estimate of drug-likeness (QED) is 0.440. The molecule has 38 heavy (non-hydrogen) atoms. The van der Waals surface area contributed by atoms with E-state index in [0.29, 0.717) is 30.4 Å². The molecule has 206 valence electrons. The summed E-state index contributed by atoms with van der Waals surface area (Å²) < 4.78 is 39.5. The lowest BCUT2D eigenvalue weighted by Crippen LogP contribution is -2.52. The first-order chi connectivity index (χ1) is 18.2. The molecule has 1 aliphatic carbocycles. The monoisotopic (exact) mass is 607 g/mol. The van der Waals surface area contributed by atoms with E-state index in [1.165, 1.54) is 11.8 Å². The number of carbonyl (C=O) groups excluding carboxylic acids is 2. The maximum Gasteiger partial charge on any atom is 0.244 e. The van der Waals surface area contributed by atoms with Crippen LogP contribution in [0.15, 0.2) is 46.9 Å². The number of sulfonamides is 1. The third-order valence-electron chi connectivity index (χ3n) is 6.90. The van der Waals surface area contributed by atoms with Gasteiger partial charge in [0.15, 0.2) is 11.5 Å². The Balaban J connectivity index is 1.62. The minimum Gasteiger partial charge on any atom is -0.486 e. The van der Waals surface area contributed by atoms with Crippen molar-refractivity contribution in [1.29, 1.82) is 0 Å². The van der Waals surface area contributed by atoms with Crippen molar-refractivity contribution in [1.82, 2.24) is 10.2 Å². The number of fused-ring (bicyclic) bond motifs is 1. The number of benzene rings is 2. The molecule has 0 bridgehead atoms. The second kappa shape index (κ2) is 12.4. The predicted octanol–water partition coefficient (Wildman–Crippen LogP) is 3.85. The van der Waals surface area contributed by atoms with E-state index in [2.05, 4.69) is 21.2 Å². The van der Waals surface area contributed by atoms with Gasteiger partial charge < -0.3 is 19.7 Å². The lowest BCUT2D eigenvalue weighted by atomic mass is 10.1. The van der Waals surface area contributed by atoms with Gasteiger partial charge in [-0.25, -0.2) is 8.42 Å². The Morgan fingerprint density at radius 3 is 2.47 bits per heavy atom. The standard InChI is InChI=1S/C27H34BrN3O6S/c1-3-38(34,35)31(23-11-12-24-25(16-23)37-14-13-36-24)18-26(32)30(17-20-7-6-8-21(28)15-20)19(2)27(33)29-22-9-4-5-10-22/h6-8,11-12,15-16,19,22H,3-5,9-10,13-14,17-18H2,1-2H3,(H,29,33)/t19-/m0/s1. The molecule has 0 unspecified atom stereocenters. The van der Waals surface area contributed by atoms with Gasteiger partial charge in [-0.05, 0) is 56.5 Å². The highest BCUT2D eigenvalue weighted by Gasteiger charge is 2.32. The summed E-state index contributed by atoms with van der Waals surface area (Å²) in [5, 5.41) is 3.07. The molecule has 2 aromatic carbocycles. The van der Waals surface area contributed by atoms with Crippen molar-refractivity contribution in [3.63, 3.8) is 0 Å². The molecule has 11 heteroatoms. The molecule has 2 amide bonds. The third-order valence-corrected chi connectivity index (χ3v) is 9.14. The molecule has 0 radical (unpaired) electrons.